The minimum Gasteiger partial charge on any atom is -0.392 e. The molecular weight excluding hydrogens is 174 g/mol. The van der Waals surface area contributed by atoms with E-state index >= 15 is 0 Å². The minimum atomic E-state index is -0.577. The van der Waals surface area contributed by atoms with Gasteiger partial charge in [0.05, 0.1) is 18.7 Å². The van der Waals surface area contributed by atoms with Gasteiger partial charge in [0.25, 0.3) is 0 Å². The topological polar surface area (TPSA) is 104 Å². The molecule has 1 heterocycles. The molecule has 6 heteroatoms. The molecule has 1 fully saturated rings. The zero-order chi connectivity index (χ0) is 9.84. The van der Waals surface area contributed by atoms with Crippen LogP contribution in [0.2, 0.25) is 0 Å². The van der Waals surface area contributed by atoms with E-state index in [1.54, 1.807) is 0 Å². The number of amides is 2. The van der Waals surface area contributed by atoms with Gasteiger partial charge in [-0.2, -0.15) is 0 Å². The number of aliphatic hydroxyl groups is 1. The summed E-state index contributed by atoms with van der Waals surface area (Å²) < 4.78 is 0. The molecule has 0 spiro atoms. The second-order valence-electron chi connectivity index (χ2n) is 3.03. The third-order valence-corrected chi connectivity index (χ3v) is 1.86. The highest BCUT2D eigenvalue weighted by molar-refractivity contribution is 5.86. The van der Waals surface area contributed by atoms with Crippen molar-refractivity contribution in [3.8, 4) is 0 Å². The van der Waals surface area contributed by atoms with Crippen LogP contribution in [0.1, 0.15) is 6.42 Å². The quantitative estimate of drug-likeness (QED) is 0.386. The van der Waals surface area contributed by atoms with Gasteiger partial charge in [-0.25, -0.2) is 0 Å². The van der Waals surface area contributed by atoms with E-state index < -0.39 is 18.1 Å². The molecule has 13 heavy (non-hydrogen) atoms. The molecule has 1 saturated heterocycles. The first-order valence-electron chi connectivity index (χ1n) is 4.07. The van der Waals surface area contributed by atoms with Gasteiger partial charge in [-0.3, -0.25) is 9.59 Å². The van der Waals surface area contributed by atoms with E-state index in [4.69, 9.17) is 10.8 Å². The molecule has 0 saturated carbocycles. The highest BCUT2D eigenvalue weighted by atomic mass is 16.3. The van der Waals surface area contributed by atoms with Gasteiger partial charge in [0.2, 0.25) is 11.8 Å². The van der Waals surface area contributed by atoms with Crippen LogP contribution >= 0.6 is 0 Å². The second-order valence-corrected chi connectivity index (χ2v) is 3.03. The number of carbonyl (C=O) groups is 2. The molecule has 6 nitrogen and oxygen atoms in total. The van der Waals surface area contributed by atoms with Gasteiger partial charge >= 0.3 is 0 Å². The van der Waals surface area contributed by atoms with Crippen molar-refractivity contribution in [3.05, 3.63) is 0 Å². The first kappa shape index (κ1) is 9.94. The third-order valence-electron chi connectivity index (χ3n) is 1.86. The smallest absolute Gasteiger partial charge is 0.237 e. The standard InChI is InChI=1S/C7H13N3O3/c8-6(12)3-10-7(13)5-1-4(11)2-9-5/h4-5,9,11H,1-3H2,(H2,8,12)(H,10,13)/t4-,5+/m1/s1. The summed E-state index contributed by atoms with van der Waals surface area (Å²) in [6, 6.07) is -0.408. The lowest BCUT2D eigenvalue weighted by Crippen LogP contribution is -2.43. The molecule has 0 aliphatic carbocycles. The summed E-state index contributed by atoms with van der Waals surface area (Å²) in [6.45, 7) is 0.252. The predicted molar refractivity (Wildman–Crippen MR) is 44.6 cm³/mol. The van der Waals surface area contributed by atoms with Gasteiger partial charge in [-0.05, 0) is 6.42 Å². The molecule has 0 aromatic rings. The maximum absolute atomic E-state index is 11.2. The Kier molecular flexibility index (Phi) is 3.21. The van der Waals surface area contributed by atoms with Gasteiger partial charge in [0.15, 0.2) is 0 Å². The van der Waals surface area contributed by atoms with Crippen molar-refractivity contribution in [2.24, 2.45) is 5.73 Å². The molecule has 0 aromatic heterocycles. The molecule has 74 valence electrons. The van der Waals surface area contributed by atoms with Crippen molar-refractivity contribution in [2.75, 3.05) is 13.1 Å². The zero-order valence-electron chi connectivity index (χ0n) is 7.12. The summed E-state index contributed by atoms with van der Waals surface area (Å²) in [7, 11) is 0. The first-order valence-corrected chi connectivity index (χ1v) is 4.07. The van der Waals surface area contributed by atoms with E-state index in [-0.39, 0.29) is 12.5 Å². The molecule has 0 unspecified atom stereocenters. The number of hydrogen-bond donors (Lipinski definition) is 4. The van der Waals surface area contributed by atoms with Gasteiger partial charge in [-0.1, -0.05) is 0 Å². The highest BCUT2D eigenvalue weighted by Crippen LogP contribution is 2.05. The molecule has 0 aromatic carbocycles. The lowest BCUT2D eigenvalue weighted by Gasteiger charge is -2.08. The predicted octanol–water partition coefficient (Wildman–Crippen LogP) is -2.69. The van der Waals surface area contributed by atoms with Crippen molar-refractivity contribution < 1.29 is 14.7 Å². The lowest BCUT2D eigenvalue weighted by molar-refractivity contribution is -0.126. The molecule has 0 radical (unpaired) electrons. The Morgan fingerprint density at radius 3 is 2.77 bits per heavy atom. The third kappa shape index (κ3) is 3.00. The number of aliphatic hydroxyl groups excluding tert-OH is 1. The summed E-state index contributed by atoms with van der Waals surface area (Å²) in [4.78, 5) is 21.5. The number of nitrogens with two attached hydrogens (primary N) is 1. The molecule has 2 atom stereocenters. The van der Waals surface area contributed by atoms with Crippen LogP contribution < -0.4 is 16.4 Å². The maximum Gasteiger partial charge on any atom is 0.237 e. The number of primary amides is 1. The monoisotopic (exact) mass is 187 g/mol. The van der Waals surface area contributed by atoms with Crippen molar-refractivity contribution >= 4 is 11.8 Å². The fourth-order valence-electron chi connectivity index (χ4n) is 1.21. The van der Waals surface area contributed by atoms with E-state index in [2.05, 4.69) is 10.6 Å². The van der Waals surface area contributed by atoms with Crippen LogP contribution in [0.3, 0.4) is 0 Å². The van der Waals surface area contributed by atoms with E-state index in [1.807, 2.05) is 0 Å². The van der Waals surface area contributed by atoms with E-state index in [0.29, 0.717) is 13.0 Å². The summed E-state index contributed by atoms with van der Waals surface area (Å²) in [6.07, 6.45) is -0.103. The zero-order valence-corrected chi connectivity index (χ0v) is 7.12. The van der Waals surface area contributed by atoms with E-state index in [1.165, 1.54) is 0 Å². The van der Waals surface area contributed by atoms with E-state index in [0.717, 1.165) is 0 Å². The number of rotatable bonds is 3. The molecule has 1 aliphatic rings. The fraction of sp³-hybridized carbons (Fsp3) is 0.714. The number of nitrogens with one attached hydrogen (secondary N) is 2. The Balaban J connectivity index is 2.27. The average Bonchev–Trinajstić information content (AvgIpc) is 2.47. The number of hydrogen-bond acceptors (Lipinski definition) is 4. The highest BCUT2D eigenvalue weighted by Gasteiger charge is 2.27. The summed E-state index contributed by atoms with van der Waals surface area (Å²) in [5.41, 5.74) is 4.84. The van der Waals surface area contributed by atoms with Gasteiger partial charge in [0, 0.05) is 6.54 Å². The normalized spacial score (nSPS) is 27.2. The Morgan fingerprint density at radius 2 is 2.31 bits per heavy atom. The molecule has 1 rings (SSSR count). The van der Waals surface area contributed by atoms with Gasteiger partial charge in [0.1, 0.15) is 0 Å². The molecule has 1 aliphatic heterocycles. The van der Waals surface area contributed by atoms with Gasteiger partial charge < -0.3 is 21.5 Å². The van der Waals surface area contributed by atoms with Crippen LogP contribution in [0, 0.1) is 0 Å². The van der Waals surface area contributed by atoms with Crippen molar-refractivity contribution in [3.63, 3.8) is 0 Å². The van der Waals surface area contributed by atoms with Crippen LogP contribution in [0.25, 0.3) is 0 Å². The summed E-state index contributed by atoms with van der Waals surface area (Å²) in [5.74, 6) is -0.873. The molecule has 2 amide bonds. The van der Waals surface area contributed by atoms with Crippen molar-refractivity contribution in [1.82, 2.24) is 10.6 Å². The Morgan fingerprint density at radius 1 is 1.62 bits per heavy atom. The van der Waals surface area contributed by atoms with E-state index in [9.17, 15) is 9.59 Å². The largest absolute Gasteiger partial charge is 0.392 e. The van der Waals surface area contributed by atoms with Crippen LogP contribution in [-0.2, 0) is 9.59 Å². The average molecular weight is 187 g/mol. The fourth-order valence-corrected chi connectivity index (χ4v) is 1.21. The summed E-state index contributed by atoms with van der Waals surface area (Å²) in [5, 5.41) is 14.3. The SMILES string of the molecule is NC(=O)CNC(=O)[C@@H]1C[C@@H](O)CN1. The maximum atomic E-state index is 11.2. The Hall–Kier alpha value is -1.14. The Bertz CT molecular complexity index is 219. The van der Waals surface area contributed by atoms with Crippen molar-refractivity contribution in [2.45, 2.75) is 18.6 Å². The second kappa shape index (κ2) is 4.20. The van der Waals surface area contributed by atoms with Crippen LogP contribution in [0.4, 0.5) is 0 Å². The molecule has 5 N–H and O–H groups in total. The van der Waals surface area contributed by atoms with Crippen LogP contribution in [0.15, 0.2) is 0 Å². The minimum absolute atomic E-state index is 0.160. The summed E-state index contributed by atoms with van der Waals surface area (Å²) >= 11 is 0. The van der Waals surface area contributed by atoms with Gasteiger partial charge in [-0.15, -0.1) is 0 Å². The number of β-amino-alcohol motifs (C(OH)–C–C–N with tert-alkyl or cyclic N) is 1. The molecular formula is C7H13N3O3. The number of carbonyl (C=O) groups excluding carboxylic acids is 2. The van der Waals surface area contributed by atoms with Crippen LogP contribution in [-0.4, -0.2) is 42.2 Å². The molecule has 0 bridgehead atoms. The van der Waals surface area contributed by atoms with Crippen molar-refractivity contribution in [1.29, 1.82) is 0 Å². The lowest BCUT2D eigenvalue weighted by atomic mass is 10.2. The van der Waals surface area contributed by atoms with Crippen LogP contribution in [0.5, 0.6) is 0 Å². The Labute approximate surface area is 75.5 Å². The first-order chi connectivity index (χ1) is 6.09.